The second-order valence-corrected chi connectivity index (χ2v) is 8.05. The summed E-state index contributed by atoms with van der Waals surface area (Å²) in [4.78, 5) is 11.8. The Morgan fingerprint density at radius 1 is 0.875 bits per heavy atom. The summed E-state index contributed by atoms with van der Waals surface area (Å²) in [6, 6.07) is 9.68. The predicted octanol–water partition coefficient (Wildman–Crippen LogP) is 5.25. The summed E-state index contributed by atoms with van der Waals surface area (Å²) in [5.41, 5.74) is 0. The lowest BCUT2D eigenvalue weighted by molar-refractivity contribution is -0.142. The average Bonchev–Trinajstić information content (AvgIpc) is 2.79. The Labute approximate surface area is 178 Å². The molecule has 0 aliphatic rings. The molecule has 0 amide bonds. The molecule has 2 atom stereocenters. The van der Waals surface area contributed by atoms with Gasteiger partial charge in [0.05, 0.1) is 7.11 Å². The van der Waals surface area contributed by atoms with Crippen LogP contribution in [0.15, 0.2) is 42.5 Å². The van der Waals surface area contributed by atoms with Gasteiger partial charge in [-0.3, -0.25) is 4.79 Å². The minimum Gasteiger partial charge on any atom is -0.468 e. The molecule has 0 aliphatic heterocycles. The summed E-state index contributed by atoms with van der Waals surface area (Å²) in [5, 5.41) is 3.09. The fraction of sp³-hybridized carbons (Fsp3) is 0.150. The molecule has 0 aliphatic carbocycles. The number of hydrogen-bond donors (Lipinski definition) is 1. The van der Waals surface area contributed by atoms with Gasteiger partial charge < -0.3 is 13.8 Å². The number of hydrogen-bond acceptors (Lipinski definition) is 5. The summed E-state index contributed by atoms with van der Waals surface area (Å²) >= 11 is 0. The Morgan fingerprint density at radius 3 is 2.06 bits per heavy atom. The highest BCUT2D eigenvalue weighted by atomic mass is 31.2. The molecule has 3 aromatic rings. The van der Waals surface area contributed by atoms with Crippen LogP contribution in [-0.4, -0.2) is 19.1 Å². The molecule has 0 bridgehead atoms. The highest BCUT2D eigenvalue weighted by Crippen LogP contribution is 2.48. The number of rotatable bonds is 7. The van der Waals surface area contributed by atoms with Crippen LogP contribution in [0.2, 0.25) is 0 Å². The molecule has 0 unspecified atom stereocenters. The van der Waals surface area contributed by atoms with Gasteiger partial charge in [0.2, 0.25) is 34.8 Å². The lowest BCUT2D eigenvalue weighted by atomic mass is 10.1. The molecule has 6 nitrogen and oxygen atoms in total. The second-order valence-electron chi connectivity index (χ2n) is 6.43. The quantitative estimate of drug-likeness (QED) is 0.165. The van der Waals surface area contributed by atoms with Gasteiger partial charge in [0, 0.05) is 5.39 Å². The smallest absolute Gasteiger partial charge is 0.468 e. The summed E-state index contributed by atoms with van der Waals surface area (Å²) in [5.74, 6) is -14.7. The fourth-order valence-electron chi connectivity index (χ4n) is 2.73. The average molecular weight is 475 g/mol. The van der Waals surface area contributed by atoms with Crippen molar-refractivity contribution in [1.82, 2.24) is 5.09 Å². The van der Waals surface area contributed by atoms with E-state index >= 15 is 0 Å². The van der Waals surface area contributed by atoms with Crippen LogP contribution in [0.25, 0.3) is 10.8 Å². The van der Waals surface area contributed by atoms with E-state index in [1.54, 1.807) is 30.3 Å². The molecule has 1 N–H and O–H groups in total. The maximum atomic E-state index is 14.1. The molecule has 0 saturated carbocycles. The maximum Gasteiger partial charge on any atom is 0.513 e. The van der Waals surface area contributed by atoms with Crippen LogP contribution in [0, 0.1) is 29.1 Å². The van der Waals surface area contributed by atoms with Crippen molar-refractivity contribution in [2.75, 3.05) is 7.11 Å². The van der Waals surface area contributed by atoms with E-state index in [9.17, 15) is 31.3 Å². The molecule has 32 heavy (non-hydrogen) atoms. The zero-order chi connectivity index (χ0) is 23.6. The standard InChI is InChI=1S/C20H15F5NO5P/c1-10(20(27)29-2)26-32(28,30-13-9-5-7-11-6-3-4-8-12(11)13)31-19-17(24)15(22)14(21)16(23)18(19)25/h3-10H,1-2H3,(H,26,28)/t10-,32-/m0/s1. The van der Waals surface area contributed by atoms with Crippen molar-refractivity contribution in [2.24, 2.45) is 0 Å². The number of ether oxygens (including phenoxy) is 1. The second kappa shape index (κ2) is 9.13. The van der Waals surface area contributed by atoms with Gasteiger partial charge in [-0.25, -0.2) is 17.7 Å². The van der Waals surface area contributed by atoms with Gasteiger partial charge in [-0.05, 0) is 18.4 Å². The molecule has 3 aromatic carbocycles. The lowest BCUT2D eigenvalue weighted by Gasteiger charge is -2.24. The number of carbonyl (C=O) groups excluding carboxylic acids is 1. The van der Waals surface area contributed by atoms with Crippen LogP contribution < -0.4 is 14.1 Å². The highest BCUT2D eigenvalue weighted by molar-refractivity contribution is 7.52. The monoisotopic (exact) mass is 475 g/mol. The van der Waals surface area contributed by atoms with Gasteiger partial charge in [-0.15, -0.1) is 0 Å². The molecule has 0 aromatic heterocycles. The zero-order valence-corrected chi connectivity index (χ0v) is 17.4. The Hall–Kier alpha value is -3.17. The van der Waals surface area contributed by atoms with E-state index in [1.807, 2.05) is 0 Å². The first kappa shape index (κ1) is 23.5. The van der Waals surface area contributed by atoms with Gasteiger partial charge in [0.1, 0.15) is 11.8 Å². The number of methoxy groups -OCH3 is 1. The summed E-state index contributed by atoms with van der Waals surface area (Å²) < 4.78 is 96.8. The normalized spacial score (nSPS) is 14.0. The topological polar surface area (TPSA) is 73.9 Å². The van der Waals surface area contributed by atoms with E-state index in [2.05, 4.69) is 9.82 Å². The van der Waals surface area contributed by atoms with Crippen LogP contribution >= 0.6 is 7.75 Å². The minimum absolute atomic E-state index is 0.111. The molecule has 0 heterocycles. The van der Waals surface area contributed by atoms with Crippen molar-refractivity contribution in [3.8, 4) is 11.5 Å². The van der Waals surface area contributed by atoms with Crippen molar-refractivity contribution in [3.05, 3.63) is 71.6 Å². The Balaban J connectivity index is 2.10. The van der Waals surface area contributed by atoms with Crippen molar-refractivity contribution in [1.29, 1.82) is 0 Å². The number of nitrogens with one attached hydrogen (secondary N) is 1. The van der Waals surface area contributed by atoms with Crippen molar-refractivity contribution < 1.29 is 45.1 Å². The molecule has 0 saturated heterocycles. The number of esters is 1. The van der Waals surface area contributed by atoms with Crippen molar-refractivity contribution in [2.45, 2.75) is 13.0 Å². The third-order valence-corrected chi connectivity index (χ3v) is 5.82. The van der Waals surface area contributed by atoms with Gasteiger partial charge in [0.15, 0.2) is 0 Å². The summed E-state index contributed by atoms with van der Waals surface area (Å²) in [6.45, 7) is 1.16. The molecule has 12 heteroatoms. The molecule has 0 fully saturated rings. The predicted molar refractivity (Wildman–Crippen MR) is 104 cm³/mol. The number of carbonyl (C=O) groups is 1. The van der Waals surface area contributed by atoms with Crippen molar-refractivity contribution in [3.63, 3.8) is 0 Å². The van der Waals surface area contributed by atoms with Crippen LogP contribution in [-0.2, 0) is 14.1 Å². The highest BCUT2D eigenvalue weighted by Gasteiger charge is 2.38. The Morgan fingerprint density at radius 2 is 1.44 bits per heavy atom. The first-order valence-electron chi connectivity index (χ1n) is 8.92. The van der Waals surface area contributed by atoms with E-state index < -0.39 is 54.6 Å². The first-order chi connectivity index (χ1) is 15.1. The van der Waals surface area contributed by atoms with E-state index in [0.717, 1.165) is 14.0 Å². The SMILES string of the molecule is COC(=O)[C@H](C)N[P@@](=O)(Oc1c(F)c(F)c(F)c(F)c1F)Oc1cccc2ccccc12. The first-order valence-corrected chi connectivity index (χ1v) is 10.5. The van der Waals surface area contributed by atoms with E-state index in [4.69, 9.17) is 9.05 Å². The van der Waals surface area contributed by atoms with Gasteiger partial charge in [-0.1, -0.05) is 36.4 Å². The minimum atomic E-state index is -4.99. The summed E-state index contributed by atoms with van der Waals surface area (Å²) in [6.07, 6.45) is 0. The van der Waals surface area contributed by atoms with Crippen LogP contribution in [0.3, 0.4) is 0 Å². The third-order valence-electron chi connectivity index (χ3n) is 4.26. The van der Waals surface area contributed by atoms with E-state index in [-0.39, 0.29) is 5.75 Å². The van der Waals surface area contributed by atoms with Crippen LogP contribution in [0.5, 0.6) is 11.5 Å². The largest absolute Gasteiger partial charge is 0.513 e. The van der Waals surface area contributed by atoms with Crippen LogP contribution in [0.1, 0.15) is 6.92 Å². The number of benzene rings is 3. The van der Waals surface area contributed by atoms with Crippen LogP contribution in [0.4, 0.5) is 22.0 Å². The van der Waals surface area contributed by atoms with E-state index in [1.165, 1.54) is 12.1 Å². The Kier molecular flexibility index (Phi) is 6.71. The number of fused-ring (bicyclic) bond motifs is 1. The number of halogens is 5. The van der Waals surface area contributed by atoms with Gasteiger partial charge in [-0.2, -0.15) is 13.9 Å². The van der Waals surface area contributed by atoms with Gasteiger partial charge in [0.25, 0.3) is 0 Å². The van der Waals surface area contributed by atoms with E-state index in [0.29, 0.717) is 10.8 Å². The summed E-state index contributed by atoms with van der Waals surface area (Å²) in [7, 11) is -3.97. The molecule has 0 radical (unpaired) electrons. The Bertz CT molecular complexity index is 1200. The third kappa shape index (κ3) is 4.53. The van der Waals surface area contributed by atoms with Crippen molar-refractivity contribution >= 4 is 24.5 Å². The molecule has 170 valence electrons. The molecular weight excluding hydrogens is 460 g/mol. The maximum absolute atomic E-state index is 14.1. The fourth-order valence-corrected chi connectivity index (χ4v) is 4.27. The molecular formula is C20H15F5NO5P. The van der Waals surface area contributed by atoms with Gasteiger partial charge >= 0.3 is 13.7 Å². The zero-order valence-electron chi connectivity index (χ0n) is 16.5. The molecule has 3 rings (SSSR count). The lowest BCUT2D eigenvalue weighted by Crippen LogP contribution is -2.35. The molecule has 0 spiro atoms.